The monoisotopic (exact) mass is 191 g/mol. The summed E-state index contributed by atoms with van der Waals surface area (Å²) < 4.78 is 0. The Morgan fingerprint density at radius 3 is 2.57 bits per heavy atom. The molecule has 3 nitrogen and oxygen atoms in total. The molecule has 76 valence electrons. The third-order valence-corrected chi connectivity index (χ3v) is 2.84. The Bertz CT molecular complexity index is 343. The highest BCUT2D eigenvalue weighted by Crippen LogP contribution is 2.32. The van der Waals surface area contributed by atoms with Gasteiger partial charge in [0, 0.05) is 24.7 Å². The van der Waals surface area contributed by atoms with Crippen LogP contribution in [0.1, 0.15) is 29.9 Å². The van der Waals surface area contributed by atoms with Gasteiger partial charge in [0.25, 0.3) is 0 Å². The first-order valence-electron chi connectivity index (χ1n) is 5.22. The van der Waals surface area contributed by atoms with E-state index in [0.717, 1.165) is 35.2 Å². The van der Waals surface area contributed by atoms with Gasteiger partial charge in [-0.2, -0.15) is 0 Å². The molecule has 1 aromatic rings. The van der Waals surface area contributed by atoms with E-state index in [1.807, 2.05) is 14.0 Å². The smallest absolute Gasteiger partial charge is 0.132 e. The Morgan fingerprint density at radius 2 is 2.00 bits per heavy atom. The minimum absolute atomic E-state index is 0.849. The van der Waals surface area contributed by atoms with Crippen LogP contribution in [0.25, 0.3) is 0 Å². The van der Waals surface area contributed by atoms with Crippen molar-refractivity contribution in [3.63, 3.8) is 0 Å². The SMILES string of the molecule is CNc1nc(CC2CC2)nc(C)c1C. The molecule has 0 amide bonds. The highest BCUT2D eigenvalue weighted by Gasteiger charge is 2.23. The molecular weight excluding hydrogens is 174 g/mol. The molecule has 1 N–H and O–H groups in total. The molecule has 1 heterocycles. The van der Waals surface area contributed by atoms with Gasteiger partial charge >= 0.3 is 0 Å². The Hall–Kier alpha value is -1.12. The van der Waals surface area contributed by atoms with Crippen molar-refractivity contribution >= 4 is 5.82 Å². The topological polar surface area (TPSA) is 37.8 Å². The van der Waals surface area contributed by atoms with Gasteiger partial charge in [-0.1, -0.05) is 0 Å². The van der Waals surface area contributed by atoms with Crippen LogP contribution in [0.4, 0.5) is 5.82 Å². The maximum absolute atomic E-state index is 4.51. The molecule has 0 atom stereocenters. The van der Waals surface area contributed by atoms with Crippen molar-refractivity contribution in [3.8, 4) is 0 Å². The number of nitrogens with one attached hydrogen (secondary N) is 1. The van der Waals surface area contributed by atoms with Gasteiger partial charge in [-0.15, -0.1) is 0 Å². The van der Waals surface area contributed by atoms with Crippen molar-refractivity contribution in [3.05, 3.63) is 17.1 Å². The second-order valence-electron chi connectivity index (χ2n) is 4.10. The minimum atomic E-state index is 0.849. The van der Waals surface area contributed by atoms with E-state index in [9.17, 15) is 0 Å². The Kier molecular flexibility index (Phi) is 2.40. The molecule has 0 spiro atoms. The van der Waals surface area contributed by atoms with E-state index in [0.29, 0.717) is 0 Å². The molecule has 1 fully saturated rings. The zero-order valence-corrected chi connectivity index (χ0v) is 9.09. The summed E-state index contributed by atoms with van der Waals surface area (Å²) >= 11 is 0. The Morgan fingerprint density at radius 1 is 1.29 bits per heavy atom. The fourth-order valence-corrected chi connectivity index (χ4v) is 1.60. The molecule has 1 aliphatic rings. The predicted molar refractivity (Wildman–Crippen MR) is 57.5 cm³/mol. The van der Waals surface area contributed by atoms with Crippen LogP contribution in [0.5, 0.6) is 0 Å². The van der Waals surface area contributed by atoms with E-state index >= 15 is 0 Å². The van der Waals surface area contributed by atoms with Crippen molar-refractivity contribution in [1.82, 2.24) is 9.97 Å². The van der Waals surface area contributed by atoms with Gasteiger partial charge in [0.15, 0.2) is 0 Å². The van der Waals surface area contributed by atoms with E-state index < -0.39 is 0 Å². The van der Waals surface area contributed by atoms with Crippen molar-refractivity contribution in [1.29, 1.82) is 0 Å². The largest absolute Gasteiger partial charge is 0.373 e. The summed E-state index contributed by atoms with van der Waals surface area (Å²) in [5.41, 5.74) is 2.26. The number of anilines is 1. The van der Waals surface area contributed by atoms with Gasteiger partial charge in [-0.3, -0.25) is 0 Å². The third-order valence-electron chi connectivity index (χ3n) is 2.84. The van der Waals surface area contributed by atoms with Crippen molar-refractivity contribution in [2.24, 2.45) is 5.92 Å². The van der Waals surface area contributed by atoms with Gasteiger partial charge in [0.05, 0.1) is 0 Å². The Balaban J connectivity index is 2.27. The van der Waals surface area contributed by atoms with Crippen LogP contribution in [-0.2, 0) is 6.42 Å². The summed E-state index contributed by atoms with van der Waals surface area (Å²) in [7, 11) is 1.91. The van der Waals surface area contributed by atoms with Crippen molar-refractivity contribution in [2.45, 2.75) is 33.1 Å². The molecule has 1 saturated carbocycles. The summed E-state index contributed by atoms with van der Waals surface area (Å²) in [6.45, 7) is 4.11. The number of aromatic nitrogens is 2. The molecule has 0 aromatic carbocycles. The molecular formula is C11H17N3. The lowest BCUT2D eigenvalue weighted by molar-refractivity contribution is 0.762. The van der Waals surface area contributed by atoms with Crippen LogP contribution in [-0.4, -0.2) is 17.0 Å². The van der Waals surface area contributed by atoms with Crippen LogP contribution in [0.2, 0.25) is 0 Å². The average Bonchev–Trinajstić information content (AvgIpc) is 2.95. The van der Waals surface area contributed by atoms with Crippen LogP contribution in [0.15, 0.2) is 0 Å². The van der Waals surface area contributed by atoms with Gasteiger partial charge in [-0.25, -0.2) is 9.97 Å². The second kappa shape index (κ2) is 3.56. The van der Waals surface area contributed by atoms with Crippen LogP contribution in [0.3, 0.4) is 0 Å². The van der Waals surface area contributed by atoms with Crippen molar-refractivity contribution in [2.75, 3.05) is 12.4 Å². The van der Waals surface area contributed by atoms with Crippen LogP contribution < -0.4 is 5.32 Å². The molecule has 1 aliphatic carbocycles. The molecule has 3 heteroatoms. The summed E-state index contributed by atoms with van der Waals surface area (Å²) in [5.74, 6) is 2.83. The summed E-state index contributed by atoms with van der Waals surface area (Å²) in [6.07, 6.45) is 3.76. The Labute approximate surface area is 85.0 Å². The van der Waals surface area contributed by atoms with Gasteiger partial charge in [-0.05, 0) is 32.6 Å². The molecule has 0 saturated heterocycles. The predicted octanol–water partition coefficient (Wildman–Crippen LogP) is 2.09. The first kappa shape index (κ1) is 9.44. The minimum Gasteiger partial charge on any atom is -0.373 e. The maximum Gasteiger partial charge on any atom is 0.132 e. The zero-order valence-electron chi connectivity index (χ0n) is 9.09. The van der Waals surface area contributed by atoms with E-state index in [4.69, 9.17) is 0 Å². The van der Waals surface area contributed by atoms with Crippen LogP contribution >= 0.6 is 0 Å². The standard InChI is InChI=1S/C11H17N3/c1-7-8(2)13-10(6-9-4-5-9)14-11(7)12-3/h9H,4-6H2,1-3H3,(H,12,13,14). The number of rotatable bonds is 3. The lowest BCUT2D eigenvalue weighted by Gasteiger charge is -2.09. The van der Waals surface area contributed by atoms with Gasteiger partial charge in [0.1, 0.15) is 11.6 Å². The lowest BCUT2D eigenvalue weighted by atomic mass is 10.2. The number of hydrogen-bond acceptors (Lipinski definition) is 3. The van der Waals surface area contributed by atoms with Gasteiger partial charge < -0.3 is 5.32 Å². The van der Waals surface area contributed by atoms with E-state index in [1.165, 1.54) is 12.8 Å². The average molecular weight is 191 g/mol. The highest BCUT2D eigenvalue weighted by molar-refractivity contribution is 5.44. The second-order valence-corrected chi connectivity index (χ2v) is 4.10. The van der Waals surface area contributed by atoms with E-state index in [2.05, 4.69) is 22.2 Å². The van der Waals surface area contributed by atoms with E-state index in [-0.39, 0.29) is 0 Å². The number of aryl methyl sites for hydroxylation is 1. The van der Waals surface area contributed by atoms with Crippen molar-refractivity contribution < 1.29 is 0 Å². The first-order chi connectivity index (χ1) is 6.70. The molecule has 14 heavy (non-hydrogen) atoms. The lowest BCUT2D eigenvalue weighted by Crippen LogP contribution is -2.05. The summed E-state index contributed by atoms with van der Waals surface area (Å²) in [6, 6.07) is 0. The number of nitrogens with zero attached hydrogens (tertiary/aromatic N) is 2. The number of hydrogen-bond donors (Lipinski definition) is 1. The van der Waals surface area contributed by atoms with Gasteiger partial charge in [0.2, 0.25) is 0 Å². The molecule has 0 bridgehead atoms. The fraction of sp³-hybridized carbons (Fsp3) is 0.636. The molecule has 1 aromatic heterocycles. The first-order valence-corrected chi connectivity index (χ1v) is 5.22. The third kappa shape index (κ3) is 1.86. The zero-order chi connectivity index (χ0) is 10.1. The molecule has 0 unspecified atom stereocenters. The van der Waals surface area contributed by atoms with Crippen LogP contribution in [0, 0.1) is 19.8 Å². The summed E-state index contributed by atoms with van der Waals surface area (Å²) in [5, 5.41) is 3.12. The normalized spacial score (nSPS) is 15.6. The summed E-state index contributed by atoms with van der Waals surface area (Å²) in [4.78, 5) is 9.02. The fourth-order valence-electron chi connectivity index (χ4n) is 1.60. The molecule has 0 radical (unpaired) electrons. The maximum atomic E-state index is 4.51. The quantitative estimate of drug-likeness (QED) is 0.795. The van der Waals surface area contributed by atoms with E-state index in [1.54, 1.807) is 0 Å². The molecule has 0 aliphatic heterocycles. The molecule has 2 rings (SSSR count). The highest BCUT2D eigenvalue weighted by atomic mass is 15.0.